The van der Waals surface area contributed by atoms with Gasteiger partial charge in [-0.05, 0) is 45.1 Å². The molecule has 2 aliphatic heterocycles. The fourth-order valence-electron chi connectivity index (χ4n) is 4.84. The topological polar surface area (TPSA) is 74.5 Å². The molecule has 3 aromatic rings. The number of likely N-dealkylation sites (tertiary alicyclic amines) is 2. The van der Waals surface area contributed by atoms with Crippen LogP contribution in [0.3, 0.4) is 0 Å². The molecule has 31 heavy (non-hydrogen) atoms. The van der Waals surface area contributed by atoms with E-state index < -0.39 is 0 Å². The highest BCUT2D eigenvalue weighted by molar-refractivity contribution is 5.89. The molecule has 160 valence electrons. The first kappa shape index (κ1) is 19.8. The van der Waals surface area contributed by atoms with Crippen LogP contribution in [0, 0.1) is 5.41 Å². The molecule has 0 aliphatic carbocycles. The third kappa shape index (κ3) is 3.93. The molecular weight excluding hydrogens is 390 g/mol. The average Bonchev–Trinajstić information content (AvgIpc) is 3.43. The molecular formula is C24H27N5O2. The summed E-state index contributed by atoms with van der Waals surface area (Å²) >= 11 is 0. The molecule has 2 saturated heterocycles. The van der Waals surface area contributed by atoms with Crippen molar-refractivity contribution < 1.29 is 9.32 Å². The van der Waals surface area contributed by atoms with Gasteiger partial charge in [0.2, 0.25) is 11.7 Å². The fraction of sp³-hybridized carbons (Fsp3) is 0.375. The summed E-state index contributed by atoms with van der Waals surface area (Å²) in [6.07, 6.45) is 2.01. The SMILES string of the molecule is CN1CCC2(CC1)CN(C(=O)Nc1ccccc1)CC2c1nc(-c2ccccc2)no1. The van der Waals surface area contributed by atoms with Crippen molar-refractivity contribution in [3.63, 3.8) is 0 Å². The number of carbonyl (C=O) groups excluding carboxylic acids is 1. The molecule has 1 atom stereocenters. The van der Waals surface area contributed by atoms with Crippen molar-refractivity contribution in [1.29, 1.82) is 0 Å². The highest BCUT2D eigenvalue weighted by atomic mass is 16.5. The van der Waals surface area contributed by atoms with Crippen molar-refractivity contribution in [3.05, 3.63) is 66.6 Å². The number of piperidine rings is 1. The molecule has 2 aromatic carbocycles. The van der Waals surface area contributed by atoms with Crippen molar-refractivity contribution in [1.82, 2.24) is 19.9 Å². The van der Waals surface area contributed by atoms with Gasteiger partial charge in [-0.1, -0.05) is 53.7 Å². The number of amides is 2. The Hall–Kier alpha value is -3.19. The normalized spacial score (nSPS) is 20.8. The Morgan fingerprint density at radius 3 is 2.45 bits per heavy atom. The zero-order chi connectivity index (χ0) is 21.3. The van der Waals surface area contributed by atoms with Crippen molar-refractivity contribution in [3.8, 4) is 11.4 Å². The van der Waals surface area contributed by atoms with Gasteiger partial charge in [-0.2, -0.15) is 4.98 Å². The van der Waals surface area contributed by atoms with Crippen LogP contribution in [0.15, 0.2) is 65.2 Å². The number of benzene rings is 2. The number of para-hydroxylation sites is 1. The van der Waals surface area contributed by atoms with Crippen molar-refractivity contribution in [2.24, 2.45) is 5.41 Å². The lowest BCUT2D eigenvalue weighted by Gasteiger charge is -2.40. The van der Waals surface area contributed by atoms with E-state index in [1.807, 2.05) is 65.6 Å². The second-order valence-electron chi connectivity index (χ2n) is 8.72. The minimum atomic E-state index is -0.0743. The maximum absolute atomic E-state index is 13.0. The molecule has 0 saturated carbocycles. The zero-order valence-corrected chi connectivity index (χ0v) is 17.7. The number of carbonyl (C=O) groups is 1. The van der Waals surface area contributed by atoms with E-state index in [-0.39, 0.29) is 17.4 Å². The molecule has 0 radical (unpaired) electrons. The molecule has 5 rings (SSSR count). The maximum atomic E-state index is 13.0. The number of aromatic nitrogens is 2. The second kappa shape index (κ2) is 8.15. The lowest BCUT2D eigenvalue weighted by atomic mass is 9.71. The number of nitrogens with zero attached hydrogens (tertiary/aromatic N) is 4. The Morgan fingerprint density at radius 1 is 1.06 bits per heavy atom. The van der Waals surface area contributed by atoms with Crippen LogP contribution in [0.25, 0.3) is 11.4 Å². The van der Waals surface area contributed by atoms with Crippen molar-refractivity contribution in [2.45, 2.75) is 18.8 Å². The van der Waals surface area contributed by atoms with Gasteiger partial charge in [0.25, 0.3) is 0 Å². The van der Waals surface area contributed by atoms with E-state index in [2.05, 4.69) is 22.4 Å². The first-order chi connectivity index (χ1) is 15.1. The lowest BCUT2D eigenvalue weighted by molar-refractivity contribution is 0.106. The number of nitrogens with one attached hydrogen (secondary N) is 1. The molecule has 1 spiro atoms. The Morgan fingerprint density at radius 2 is 1.74 bits per heavy atom. The van der Waals surface area contributed by atoms with E-state index in [1.165, 1.54) is 0 Å². The van der Waals surface area contributed by atoms with E-state index in [0.717, 1.165) is 37.2 Å². The fourth-order valence-corrected chi connectivity index (χ4v) is 4.84. The number of hydrogen-bond acceptors (Lipinski definition) is 5. The molecule has 3 heterocycles. The van der Waals surface area contributed by atoms with Gasteiger partial charge in [0, 0.05) is 29.8 Å². The second-order valence-corrected chi connectivity index (χ2v) is 8.72. The summed E-state index contributed by atoms with van der Waals surface area (Å²) in [6, 6.07) is 19.4. The van der Waals surface area contributed by atoms with Gasteiger partial charge in [-0.25, -0.2) is 4.79 Å². The standard InChI is InChI=1S/C24H27N5O2/c1-28-14-12-24(13-15-28)17-29(23(30)25-19-10-6-3-7-11-19)16-20(24)22-26-21(27-31-22)18-8-4-2-5-9-18/h2-11,20H,12-17H2,1H3,(H,25,30). The first-order valence-electron chi connectivity index (χ1n) is 10.8. The van der Waals surface area contributed by atoms with Gasteiger partial charge in [0.15, 0.2) is 0 Å². The highest BCUT2D eigenvalue weighted by Crippen LogP contribution is 2.49. The number of rotatable bonds is 3. The first-order valence-corrected chi connectivity index (χ1v) is 10.8. The predicted octanol–water partition coefficient (Wildman–Crippen LogP) is 4.08. The van der Waals surface area contributed by atoms with E-state index >= 15 is 0 Å². The molecule has 2 fully saturated rings. The quantitative estimate of drug-likeness (QED) is 0.695. The van der Waals surface area contributed by atoms with Gasteiger partial charge in [-0.15, -0.1) is 0 Å². The van der Waals surface area contributed by atoms with Crippen LogP contribution in [0.4, 0.5) is 10.5 Å². The zero-order valence-electron chi connectivity index (χ0n) is 17.7. The molecule has 2 aliphatic rings. The van der Waals surface area contributed by atoms with Crippen LogP contribution in [-0.4, -0.2) is 59.2 Å². The van der Waals surface area contributed by atoms with Gasteiger partial charge in [0.05, 0.1) is 5.92 Å². The minimum Gasteiger partial charge on any atom is -0.339 e. The summed E-state index contributed by atoms with van der Waals surface area (Å²) in [5, 5.41) is 7.27. The monoisotopic (exact) mass is 417 g/mol. The van der Waals surface area contributed by atoms with E-state index in [4.69, 9.17) is 9.51 Å². The van der Waals surface area contributed by atoms with Gasteiger partial charge in [0.1, 0.15) is 0 Å². The summed E-state index contributed by atoms with van der Waals surface area (Å²) in [5.41, 5.74) is 1.70. The summed E-state index contributed by atoms with van der Waals surface area (Å²) in [7, 11) is 2.15. The van der Waals surface area contributed by atoms with Gasteiger partial charge < -0.3 is 19.6 Å². The van der Waals surface area contributed by atoms with Crippen LogP contribution < -0.4 is 5.32 Å². The van der Waals surface area contributed by atoms with Crippen molar-refractivity contribution >= 4 is 11.7 Å². The van der Waals surface area contributed by atoms with Crippen LogP contribution in [-0.2, 0) is 0 Å². The lowest BCUT2D eigenvalue weighted by Crippen LogP contribution is -2.43. The average molecular weight is 418 g/mol. The van der Waals surface area contributed by atoms with E-state index in [0.29, 0.717) is 24.8 Å². The largest absolute Gasteiger partial charge is 0.339 e. The van der Waals surface area contributed by atoms with Crippen molar-refractivity contribution in [2.75, 3.05) is 38.5 Å². The summed E-state index contributed by atoms with van der Waals surface area (Å²) in [4.78, 5) is 22.1. The van der Waals surface area contributed by atoms with E-state index in [1.54, 1.807) is 0 Å². The van der Waals surface area contributed by atoms with Crippen LogP contribution in [0.1, 0.15) is 24.7 Å². The highest BCUT2D eigenvalue weighted by Gasteiger charge is 2.52. The summed E-state index contributed by atoms with van der Waals surface area (Å²) in [5.74, 6) is 1.27. The Balaban J connectivity index is 1.41. The molecule has 7 heteroatoms. The number of urea groups is 1. The maximum Gasteiger partial charge on any atom is 0.321 e. The molecule has 1 N–H and O–H groups in total. The smallest absolute Gasteiger partial charge is 0.321 e. The number of anilines is 1. The third-order valence-corrected chi connectivity index (χ3v) is 6.71. The Kier molecular flexibility index (Phi) is 5.19. The number of hydrogen-bond donors (Lipinski definition) is 1. The van der Waals surface area contributed by atoms with Crippen LogP contribution in [0.5, 0.6) is 0 Å². The molecule has 1 aromatic heterocycles. The van der Waals surface area contributed by atoms with Gasteiger partial charge >= 0.3 is 6.03 Å². The molecule has 1 unspecified atom stereocenters. The van der Waals surface area contributed by atoms with Gasteiger partial charge in [-0.3, -0.25) is 0 Å². The molecule has 7 nitrogen and oxygen atoms in total. The third-order valence-electron chi connectivity index (χ3n) is 6.71. The van der Waals surface area contributed by atoms with E-state index in [9.17, 15) is 4.79 Å². The Bertz CT molecular complexity index is 1030. The molecule has 0 bridgehead atoms. The Labute approximate surface area is 182 Å². The predicted molar refractivity (Wildman–Crippen MR) is 119 cm³/mol. The van der Waals surface area contributed by atoms with Crippen LogP contribution >= 0.6 is 0 Å². The van der Waals surface area contributed by atoms with Crippen LogP contribution in [0.2, 0.25) is 0 Å². The summed E-state index contributed by atoms with van der Waals surface area (Å²) < 4.78 is 5.77. The summed E-state index contributed by atoms with van der Waals surface area (Å²) in [6.45, 7) is 3.29. The minimum absolute atomic E-state index is 0.0349. The molecule has 2 amide bonds.